The van der Waals surface area contributed by atoms with Gasteiger partial charge in [0.1, 0.15) is 11.5 Å². The molecule has 1 N–H and O–H groups in total. The van der Waals surface area contributed by atoms with Crippen LogP contribution in [-0.4, -0.2) is 21.0 Å². The molecule has 0 unspecified atom stereocenters. The summed E-state index contributed by atoms with van der Waals surface area (Å²) < 4.78 is 8.11. The standard InChI is InChI=1S/C25H36N2O2/c1-6-7-8-11-20-16-22(29-17(2)3)24(19-12-9-10-18(4)15-19)25(28)23(20)21-13-14-26-27(21)5/h13-17,19,28H,6-12H2,1-5H3/t19-/m0/s1. The van der Waals surface area contributed by atoms with Crippen LogP contribution in [0.3, 0.4) is 0 Å². The lowest BCUT2D eigenvalue weighted by Crippen LogP contribution is -2.12. The minimum Gasteiger partial charge on any atom is -0.507 e. The number of phenolic OH excluding ortho intramolecular Hbond substituents is 1. The molecule has 1 aromatic heterocycles. The maximum absolute atomic E-state index is 11.6. The van der Waals surface area contributed by atoms with Crippen LogP contribution in [0.2, 0.25) is 0 Å². The largest absolute Gasteiger partial charge is 0.507 e. The molecule has 0 amide bonds. The monoisotopic (exact) mass is 396 g/mol. The molecule has 0 radical (unpaired) electrons. The van der Waals surface area contributed by atoms with Gasteiger partial charge in [-0.05, 0) is 70.6 Å². The normalized spacial score (nSPS) is 16.9. The summed E-state index contributed by atoms with van der Waals surface area (Å²) in [4.78, 5) is 0. The highest BCUT2D eigenvalue weighted by molar-refractivity contribution is 5.76. The summed E-state index contributed by atoms with van der Waals surface area (Å²) in [5.74, 6) is 1.40. The van der Waals surface area contributed by atoms with E-state index in [2.05, 4.69) is 44.9 Å². The molecule has 1 atom stereocenters. The van der Waals surface area contributed by atoms with Crippen molar-refractivity contribution in [1.29, 1.82) is 0 Å². The molecule has 0 bridgehead atoms. The molecular weight excluding hydrogens is 360 g/mol. The van der Waals surface area contributed by atoms with E-state index in [4.69, 9.17) is 4.74 Å². The van der Waals surface area contributed by atoms with Crippen molar-refractivity contribution in [3.63, 3.8) is 0 Å². The van der Waals surface area contributed by atoms with Crippen LogP contribution in [0.15, 0.2) is 30.0 Å². The Morgan fingerprint density at radius 1 is 1.31 bits per heavy atom. The minimum absolute atomic E-state index is 0.0628. The number of ether oxygens (including phenoxy) is 1. The second-order valence-electron chi connectivity index (χ2n) is 8.65. The third-order valence-corrected chi connectivity index (χ3v) is 5.82. The zero-order chi connectivity index (χ0) is 21.0. The van der Waals surface area contributed by atoms with Gasteiger partial charge in [-0.15, -0.1) is 0 Å². The fraction of sp³-hybridized carbons (Fsp3) is 0.560. The summed E-state index contributed by atoms with van der Waals surface area (Å²) in [6.45, 7) is 8.50. The fourth-order valence-corrected chi connectivity index (χ4v) is 4.43. The molecule has 158 valence electrons. The van der Waals surface area contributed by atoms with Gasteiger partial charge >= 0.3 is 0 Å². The van der Waals surface area contributed by atoms with E-state index in [1.165, 1.54) is 18.4 Å². The van der Waals surface area contributed by atoms with Crippen LogP contribution in [0.5, 0.6) is 11.5 Å². The molecule has 1 aliphatic rings. The Balaban J connectivity index is 2.20. The highest BCUT2D eigenvalue weighted by Crippen LogP contribution is 2.48. The summed E-state index contributed by atoms with van der Waals surface area (Å²) in [5.41, 5.74) is 5.36. The van der Waals surface area contributed by atoms with Crippen molar-refractivity contribution in [3.05, 3.63) is 41.1 Å². The Hall–Kier alpha value is -2.23. The zero-order valence-corrected chi connectivity index (χ0v) is 18.7. The van der Waals surface area contributed by atoms with Crippen molar-refractivity contribution in [1.82, 2.24) is 9.78 Å². The lowest BCUT2D eigenvalue weighted by Gasteiger charge is -2.27. The summed E-state index contributed by atoms with van der Waals surface area (Å²) >= 11 is 0. The van der Waals surface area contributed by atoms with Crippen molar-refractivity contribution < 1.29 is 9.84 Å². The van der Waals surface area contributed by atoms with Gasteiger partial charge < -0.3 is 9.84 Å². The lowest BCUT2D eigenvalue weighted by molar-refractivity contribution is 0.237. The Labute approximate surface area is 175 Å². The number of benzene rings is 1. The maximum atomic E-state index is 11.6. The average molecular weight is 397 g/mol. The number of aromatic nitrogens is 2. The van der Waals surface area contributed by atoms with Crippen LogP contribution in [0.25, 0.3) is 11.3 Å². The number of nitrogens with zero attached hydrogens (tertiary/aromatic N) is 2. The van der Waals surface area contributed by atoms with E-state index >= 15 is 0 Å². The van der Waals surface area contributed by atoms with E-state index in [0.29, 0.717) is 5.75 Å². The average Bonchev–Trinajstić information content (AvgIpc) is 3.07. The molecule has 2 aromatic rings. The van der Waals surface area contributed by atoms with Gasteiger partial charge in [0, 0.05) is 30.3 Å². The molecule has 3 rings (SSSR count). The smallest absolute Gasteiger partial charge is 0.132 e. The van der Waals surface area contributed by atoms with Crippen LogP contribution >= 0.6 is 0 Å². The Morgan fingerprint density at radius 3 is 2.72 bits per heavy atom. The van der Waals surface area contributed by atoms with E-state index in [1.807, 2.05) is 17.8 Å². The summed E-state index contributed by atoms with van der Waals surface area (Å²) in [6, 6.07) is 4.18. The molecule has 1 aromatic carbocycles. The molecule has 4 heteroatoms. The van der Waals surface area contributed by atoms with Gasteiger partial charge in [-0.3, -0.25) is 4.68 Å². The molecule has 1 aliphatic carbocycles. The minimum atomic E-state index is 0.0628. The van der Waals surface area contributed by atoms with Gasteiger partial charge in [-0.2, -0.15) is 5.10 Å². The van der Waals surface area contributed by atoms with Crippen molar-refractivity contribution >= 4 is 0 Å². The second kappa shape index (κ2) is 9.51. The number of phenols is 1. The van der Waals surface area contributed by atoms with Gasteiger partial charge in [0.2, 0.25) is 0 Å². The lowest BCUT2D eigenvalue weighted by atomic mass is 9.82. The van der Waals surface area contributed by atoms with Crippen LogP contribution in [0.4, 0.5) is 0 Å². The topological polar surface area (TPSA) is 47.3 Å². The molecule has 1 heterocycles. The van der Waals surface area contributed by atoms with E-state index in [-0.39, 0.29) is 12.0 Å². The van der Waals surface area contributed by atoms with Crippen LogP contribution in [0.1, 0.15) is 83.3 Å². The van der Waals surface area contributed by atoms with Gasteiger partial charge in [0.25, 0.3) is 0 Å². The first-order chi connectivity index (χ1) is 13.9. The molecular formula is C25H36N2O2. The molecule has 0 fully saturated rings. The molecule has 0 aliphatic heterocycles. The van der Waals surface area contributed by atoms with E-state index in [1.54, 1.807) is 6.20 Å². The molecule has 29 heavy (non-hydrogen) atoms. The molecule has 0 spiro atoms. The Bertz CT molecular complexity index is 864. The zero-order valence-electron chi connectivity index (χ0n) is 18.7. The van der Waals surface area contributed by atoms with Crippen molar-refractivity contribution in [2.45, 2.75) is 84.7 Å². The number of aromatic hydroxyl groups is 1. The van der Waals surface area contributed by atoms with Gasteiger partial charge in [-0.25, -0.2) is 0 Å². The third-order valence-electron chi connectivity index (χ3n) is 5.82. The maximum Gasteiger partial charge on any atom is 0.132 e. The number of aryl methyl sites for hydroxylation is 2. The first-order valence-electron chi connectivity index (χ1n) is 11.1. The first kappa shape index (κ1) is 21.5. The summed E-state index contributed by atoms with van der Waals surface area (Å²) in [6.07, 6.45) is 11.9. The van der Waals surface area contributed by atoms with Gasteiger partial charge in [0.05, 0.1) is 11.8 Å². The van der Waals surface area contributed by atoms with Crippen molar-refractivity contribution in [2.24, 2.45) is 7.05 Å². The van der Waals surface area contributed by atoms with Gasteiger partial charge in [0.15, 0.2) is 0 Å². The van der Waals surface area contributed by atoms with Crippen LogP contribution < -0.4 is 4.74 Å². The van der Waals surface area contributed by atoms with Crippen molar-refractivity contribution in [2.75, 3.05) is 0 Å². The highest BCUT2D eigenvalue weighted by atomic mass is 16.5. The SMILES string of the molecule is CCCCCc1cc(OC(C)C)c([C@@H]2C=C(C)CCC2)c(O)c1-c1ccnn1C. The van der Waals surface area contributed by atoms with Crippen molar-refractivity contribution in [3.8, 4) is 22.8 Å². The molecule has 0 saturated carbocycles. The number of unbranched alkanes of at least 4 members (excludes halogenated alkanes) is 2. The fourth-order valence-electron chi connectivity index (χ4n) is 4.43. The van der Waals surface area contributed by atoms with Crippen LogP contribution in [0, 0.1) is 0 Å². The summed E-state index contributed by atoms with van der Waals surface area (Å²) in [7, 11) is 1.94. The van der Waals surface area contributed by atoms with E-state index < -0.39 is 0 Å². The van der Waals surface area contributed by atoms with E-state index in [9.17, 15) is 5.11 Å². The quantitative estimate of drug-likeness (QED) is 0.408. The Kier molecular flexibility index (Phi) is 7.05. The molecule has 4 nitrogen and oxygen atoms in total. The second-order valence-corrected chi connectivity index (χ2v) is 8.65. The Morgan fingerprint density at radius 2 is 2.10 bits per heavy atom. The number of hydrogen-bond donors (Lipinski definition) is 1. The number of allylic oxidation sites excluding steroid dienone is 2. The van der Waals surface area contributed by atoms with E-state index in [0.717, 1.165) is 60.2 Å². The number of hydrogen-bond acceptors (Lipinski definition) is 3. The van der Waals surface area contributed by atoms with Crippen LogP contribution in [-0.2, 0) is 13.5 Å². The summed E-state index contributed by atoms with van der Waals surface area (Å²) in [5, 5.41) is 16.0. The first-order valence-corrected chi connectivity index (χ1v) is 11.1. The molecule has 0 saturated heterocycles. The predicted molar refractivity (Wildman–Crippen MR) is 120 cm³/mol. The highest BCUT2D eigenvalue weighted by Gasteiger charge is 2.27. The predicted octanol–water partition coefficient (Wildman–Crippen LogP) is 6.53. The number of rotatable bonds is 8. The third kappa shape index (κ3) is 4.85. The van der Waals surface area contributed by atoms with Gasteiger partial charge in [-0.1, -0.05) is 31.4 Å².